The molecule has 22 heavy (non-hydrogen) atoms. The van der Waals surface area contributed by atoms with Crippen molar-refractivity contribution in [3.8, 4) is 0 Å². The second-order valence-corrected chi connectivity index (χ2v) is 5.81. The van der Waals surface area contributed by atoms with Crippen molar-refractivity contribution < 1.29 is 9.90 Å². The first-order chi connectivity index (χ1) is 10.6. The van der Waals surface area contributed by atoms with Crippen molar-refractivity contribution in [1.82, 2.24) is 15.3 Å². The Morgan fingerprint density at radius 3 is 2.82 bits per heavy atom. The van der Waals surface area contributed by atoms with Crippen molar-refractivity contribution in [3.63, 3.8) is 0 Å². The number of aromatic nitrogens is 2. The third-order valence-electron chi connectivity index (χ3n) is 4.16. The molecule has 0 atom stereocenters. The minimum atomic E-state index is -0.457. The maximum absolute atomic E-state index is 11.2. The van der Waals surface area contributed by atoms with Gasteiger partial charge in [-0.15, -0.1) is 0 Å². The number of rotatable bonds is 4. The number of benzene rings is 1. The minimum Gasteiger partial charge on any atom is -0.393 e. The minimum absolute atomic E-state index is 0.151. The molecule has 1 heterocycles. The molecule has 0 saturated heterocycles. The molecule has 116 valence electrons. The summed E-state index contributed by atoms with van der Waals surface area (Å²) in [5.74, 6) is 0.237. The summed E-state index contributed by atoms with van der Waals surface area (Å²) in [5, 5.41) is 13.8. The average molecular weight is 300 g/mol. The number of aliphatic hydroxyl groups is 1. The Kier molecular flexibility index (Phi) is 4.31. The molecule has 0 radical (unpaired) electrons. The third-order valence-corrected chi connectivity index (χ3v) is 4.16. The summed E-state index contributed by atoms with van der Waals surface area (Å²) < 4.78 is 0. The number of primary amides is 1. The van der Waals surface area contributed by atoms with Gasteiger partial charge in [0.15, 0.2) is 0 Å². The lowest BCUT2D eigenvalue weighted by molar-refractivity contribution is 0.100. The highest BCUT2D eigenvalue weighted by atomic mass is 16.3. The number of nitrogens with zero attached hydrogens (tertiary/aromatic N) is 2. The summed E-state index contributed by atoms with van der Waals surface area (Å²) in [6.45, 7) is 0.581. The molecule has 1 aliphatic carbocycles. The molecule has 2 aromatic rings. The second-order valence-electron chi connectivity index (χ2n) is 5.81. The number of aliphatic hydroxyl groups excluding tert-OH is 1. The Bertz CT molecular complexity index is 681. The SMILES string of the molecule is NC(=O)c1ccc2cnc(CNC3CCC(O)CC3)nc2c1. The molecule has 0 spiro atoms. The van der Waals surface area contributed by atoms with Crippen LogP contribution in [0, 0.1) is 0 Å². The van der Waals surface area contributed by atoms with Crippen LogP contribution in [0.1, 0.15) is 41.9 Å². The van der Waals surface area contributed by atoms with Crippen LogP contribution in [0.2, 0.25) is 0 Å². The Hall–Kier alpha value is -2.05. The van der Waals surface area contributed by atoms with Crippen LogP contribution in [0.4, 0.5) is 0 Å². The van der Waals surface area contributed by atoms with Crippen LogP contribution in [-0.2, 0) is 6.54 Å². The van der Waals surface area contributed by atoms with Gasteiger partial charge in [-0.2, -0.15) is 0 Å². The number of hydrogen-bond donors (Lipinski definition) is 3. The highest BCUT2D eigenvalue weighted by Crippen LogP contribution is 2.19. The van der Waals surface area contributed by atoms with Crippen molar-refractivity contribution in [2.75, 3.05) is 0 Å². The van der Waals surface area contributed by atoms with E-state index < -0.39 is 5.91 Å². The number of nitrogens with two attached hydrogens (primary N) is 1. The van der Waals surface area contributed by atoms with Gasteiger partial charge in [-0.3, -0.25) is 4.79 Å². The number of hydrogen-bond acceptors (Lipinski definition) is 5. The lowest BCUT2D eigenvalue weighted by Crippen LogP contribution is -2.34. The topological polar surface area (TPSA) is 101 Å². The standard InChI is InChI=1S/C16H20N4O2/c17-16(22)10-1-2-11-8-19-15(20-14(11)7-10)9-18-12-3-5-13(21)6-4-12/h1-2,7-8,12-13,18,21H,3-6,9H2,(H2,17,22). The van der Waals surface area contributed by atoms with E-state index in [4.69, 9.17) is 5.73 Å². The van der Waals surface area contributed by atoms with Crippen molar-refractivity contribution in [2.24, 2.45) is 5.73 Å². The fraction of sp³-hybridized carbons (Fsp3) is 0.438. The maximum Gasteiger partial charge on any atom is 0.248 e. The first kappa shape index (κ1) is 14.9. The molecule has 1 aromatic carbocycles. The third kappa shape index (κ3) is 3.40. The van der Waals surface area contributed by atoms with E-state index in [2.05, 4.69) is 15.3 Å². The van der Waals surface area contributed by atoms with Crippen LogP contribution in [0.15, 0.2) is 24.4 Å². The summed E-state index contributed by atoms with van der Waals surface area (Å²) >= 11 is 0. The maximum atomic E-state index is 11.2. The normalized spacial score (nSPS) is 21.9. The molecular weight excluding hydrogens is 280 g/mol. The van der Waals surface area contributed by atoms with Gasteiger partial charge in [0.25, 0.3) is 0 Å². The number of carbonyl (C=O) groups excluding carboxylic acids is 1. The van der Waals surface area contributed by atoms with Gasteiger partial charge in [0.1, 0.15) is 5.82 Å². The first-order valence-corrected chi connectivity index (χ1v) is 7.59. The fourth-order valence-electron chi connectivity index (χ4n) is 2.82. The van der Waals surface area contributed by atoms with Crippen molar-refractivity contribution in [1.29, 1.82) is 0 Å². The molecule has 0 unspecified atom stereocenters. The zero-order valence-corrected chi connectivity index (χ0v) is 12.3. The Morgan fingerprint density at radius 1 is 1.32 bits per heavy atom. The number of carbonyl (C=O) groups is 1. The van der Waals surface area contributed by atoms with Gasteiger partial charge < -0.3 is 16.2 Å². The summed E-state index contributed by atoms with van der Waals surface area (Å²) in [4.78, 5) is 20.1. The Balaban J connectivity index is 1.70. The molecular formula is C16H20N4O2. The molecule has 4 N–H and O–H groups in total. The van der Waals surface area contributed by atoms with Crippen molar-refractivity contribution >= 4 is 16.8 Å². The van der Waals surface area contributed by atoms with Gasteiger partial charge >= 0.3 is 0 Å². The molecule has 6 nitrogen and oxygen atoms in total. The van der Waals surface area contributed by atoms with Crippen LogP contribution >= 0.6 is 0 Å². The molecule has 0 bridgehead atoms. The van der Waals surface area contributed by atoms with Crippen LogP contribution < -0.4 is 11.1 Å². The summed E-state index contributed by atoms with van der Waals surface area (Å²) in [6.07, 6.45) is 5.24. The molecule has 1 aliphatic rings. The molecule has 1 aromatic heterocycles. The number of amides is 1. The highest BCUT2D eigenvalue weighted by molar-refractivity contribution is 5.96. The molecule has 1 amide bonds. The lowest BCUT2D eigenvalue weighted by Gasteiger charge is -2.26. The Morgan fingerprint density at radius 2 is 2.09 bits per heavy atom. The van der Waals surface area contributed by atoms with E-state index in [1.54, 1.807) is 24.4 Å². The van der Waals surface area contributed by atoms with E-state index in [9.17, 15) is 9.90 Å². The molecule has 1 fully saturated rings. The highest BCUT2D eigenvalue weighted by Gasteiger charge is 2.18. The van der Waals surface area contributed by atoms with Gasteiger partial charge in [0, 0.05) is 23.2 Å². The molecule has 6 heteroatoms. The van der Waals surface area contributed by atoms with Gasteiger partial charge in [-0.05, 0) is 37.8 Å². The summed E-state index contributed by atoms with van der Waals surface area (Å²) in [5.41, 5.74) is 6.47. The van der Waals surface area contributed by atoms with Gasteiger partial charge in [-0.1, -0.05) is 6.07 Å². The number of fused-ring (bicyclic) bond motifs is 1. The van der Waals surface area contributed by atoms with Crippen LogP contribution in [0.3, 0.4) is 0 Å². The van der Waals surface area contributed by atoms with E-state index in [0.717, 1.165) is 36.6 Å². The average Bonchev–Trinajstić information content (AvgIpc) is 2.53. The lowest BCUT2D eigenvalue weighted by atomic mass is 9.93. The molecule has 0 aliphatic heterocycles. The quantitative estimate of drug-likeness (QED) is 0.785. The van der Waals surface area contributed by atoms with Gasteiger partial charge in [0.05, 0.1) is 18.2 Å². The molecule has 1 saturated carbocycles. The zero-order chi connectivity index (χ0) is 15.5. The van der Waals surface area contributed by atoms with Crippen LogP contribution in [0.5, 0.6) is 0 Å². The second kappa shape index (κ2) is 6.37. The predicted octanol–water partition coefficient (Wildman–Crippen LogP) is 1.12. The van der Waals surface area contributed by atoms with E-state index in [0.29, 0.717) is 24.0 Å². The van der Waals surface area contributed by atoms with Crippen LogP contribution in [0.25, 0.3) is 10.9 Å². The molecule has 3 rings (SSSR count). The van der Waals surface area contributed by atoms with E-state index in [-0.39, 0.29) is 6.10 Å². The monoisotopic (exact) mass is 300 g/mol. The predicted molar refractivity (Wildman–Crippen MR) is 83.2 cm³/mol. The van der Waals surface area contributed by atoms with E-state index in [1.165, 1.54) is 0 Å². The Labute approximate surface area is 128 Å². The van der Waals surface area contributed by atoms with Gasteiger partial charge in [0.2, 0.25) is 5.91 Å². The number of nitrogens with one attached hydrogen (secondary N) is 1. The van der Waals surface area contributed by atoms with Crippen molar-refractivity contribution in [3.05, 3.63) is 35.8 Å². The van der Waals surface area contributed by atoms with Gasteiger partial charge in [-0.25, -0.2) is 9.97 Å². The summed E-state index contributed by atoms with van der Waals surface area (Å²) in [7, 11) is 0. The van der Waals surface area contributed by atoms with E-state index in [1.807, 2.05) is 0 Å². The summed E-state index contributed by atoms with van der Waals surface area (Å²) in [6, 6.07) is 5.58. The largest absolute Gasteiger partial charge is 0.393 e. The zero-order valence-electron chi connectivity index (χ0n) is 12.3. The first-order valence-electron chi connectivity index (χ1n) is 7.59. The smallest absolute Gasteiger partial charge is 0.248 e. The van der Waals surface area contributed by atoms with Crippen LogP contribution in [-0.4, -0.2) is 33.1 Å². The fourth-order valence-corrected chi connectivity index (χ4v) is 2.82. The van der Waals surface area contributed by atoms with E-state index >= 15 is 0 Å². The van der Waals surface area contributed by atoms with Crippen molar-refractivity contribution in [2.45, 2.75) is 44.4 Å².